The van der Waals surface area contributed by atoms with Crippen LogP contribution in [0.5, 0.6) is 0 Å². The summed E-state index contributed by atoms with van der Waals surface area (Å²) in [5, 5.41) is 11.2. The van der Waals surface area contributed by atoms with Crippen LogP contribution in [-0.4, -0.2) is 29.1 Å². The summed E-state index contributed by atoms with van der Waals surface area (Å²) in [7, 11) is 0. The van der Waals surface area contributed by atoms with Gasteiger partial charge in [-0.25, -0.2) is 4.98 Å². The van der Waals surface area contributed by atoms with Crippen molar-refractivity contribution in [3.63, 3.8) is 0 Å². The largest absolute Gasteiger partial charge is 0.481 e. The Hall–Kier alpha value is -2.08. The summed E-state index contributed by atoms with van der Waals surface area (Å²) >= 11 is 14.1. The van der Waals surface area contributed by atoms with Crippen molar-refractivity contribution < 1.29 is 9.90 Å². The van der Waals surface area contributed by atoms with Gasteiger partial charge in [-0.3, -0.25) is 4.79 Å². The predicted molar refractivity (Wildman–Crippen MR) is 140 cm³/mol. The number of carboxylic acids is 1. The zero-order chi connectivity index (χ0) is 24.1. The Morgan fingerprint density at radius 2 is 1.76 bits per heavy atom. The van der Waals surface area contributed by atoms with Crippen LogP contribution in [0.3, 0.4) is 0 Å². The van der Waals surface area contributed by atoms with Crippen LogP contribution in [-0.2, 0) is 17.6 Å². The Labute approximate surface area is 210 Å². The fourth-order valence-electron chi connectivity index (χ4n) is 3.86. The van der Waals surface area contributed by atoms with Crippen molar-refractivity contribution in [2.75, 3.05) is 18.0 Å². The lowest BCUT2D eigenvalue weighted by Gasteiger charge is -2.21. The van der Waals surface area contributed by atoms with E-state index in [4.69, 9.17) is 28.2 Å². The Morgan fingerprint density at radius 1 is 1.06 bits per heavy atom. The number of aliphatic carboxylic acids is 1. The minimum absolute atomic E-state index is 0.0635. The van der Waals surface area contributed by atoms with E-state index in [0.717, 1.165) is 29.2 Å². The summed E-state index contributed by atoms with van der Waals surface area (Å²) in [6.07, 6.45) is 1.77. The van der Waals surface area contributed by atoms with Gasteiger partial charge in [-0.2, -0.15) is 0 Å². The zero-order valence-corrected chi connectivity index (χ0v) is 21.8. The number of rotatable bonds is 10. The summed E-state index contributed by atoms with van der Waals surface area (Å²) in [4.78, 5) is 19.6. The van der Waals surface area contributed by atoms with Crippen LogP contribution in [0.1, 0.15) is 41.8 Å². The predicted octanol–water partition coefficient (Wildman–Crippen LogP) is 7.46. The van der Waals surface area contributed by atoms with Gasteiger partial charge in [0.2, 0.25) is 0 Å². The molecule has 0 aliphatic heterocycles. The van der Waals surface area contributed by atoms with E-state index in [1.807, 2.05) is 12.1 Å². The van der Waals surface area contributed by atoms with Gasteiger partial charge in [-0.1, -0.05) is 72.4 Å². The molecule has 1 heterocycles. The summed E-state index contributed by atoms with van der Waals surface area (Å²) < 4.78 is 0. The lowest BCUT2D eigenvalue weighted by Crippen LogP contribution is -2.28. The highest BCUT2D eigenvalue weighted by Crippen LogP contribution is 2.37. The van der Waals surface area contributed by atoms with Gasteiger partial charge in [-0.05, 0) is 50.3 Å². The number of aryl methyl sites for hydroxylation is 2. The number of hydrogen-bond donors (Lipinski definition) is 1. The van der Waals surface area contributed by atoms with E-state index in [9.17, 15) is 9.90 Å². The molecule has 0 fully saturated rings. The van der Waals surface area contributed by atoms with Gasteiger partial charge in [0.15, 0.2) is 5.13 Å². The number of halogens is 2. The van der Waals surface area contributed by atoms with Crippen LogP contribution in [0.4, 0.5) is 5.13 Å². The summed E-state index contributed by atoms with van der Waals surface area (Å²) in [6.45, 7) is 9.67. The second-order valence-corrected chi connectivity index (χ2v) is 10.7. The first-order chi connectivity index (χ1) is 15.6. The zero-order valence-electron chi connectivity index (χ0n) is 19.5. The standard InChI is InChI=1S/C26H30Cl2N2O2S/c1-16(2)11-23-25(20-5-6-21(27)22(28)15-20)29-26(33-23)30(10-8-24(31)32)9-7-19-13-17(3)12-18(4)14-19/h5-6,12-16H,7-11H2,1-4H3,(H,31,32). The molecule has 33 heavy (non-hydrogen) atoms. The molecule has 0 unspecified atom stereocenters. The molecule has 1 aromatic heterocycles. The molecule has 0 atom stereocenters. The molecule has 0 spiro atoms. The number of aromatic nitrogens is 1. The molecule has 1 N–H and O–H groups in total. The molecule has 3 aromatic rings. The molecule has 0 saturated carbocycles. The molecule has 2 aromatic carbocycles. The molecule has 3 rings (SSSR count). The second kappa shape index (κ2) is 11.4. The van der Waals surface area contributed by atoms with Crippen molar-refractivity contribution >= 4 is 45.6 Å². The molecule has 176 valence electrons. The molecule has 0 aliphatic rings. The van der Waals surface area contributed by atoms with E-state index in [0.29, 0.717) is 29.1 Å². The molecule has 0 aliphatic carbocycles. The normalized spacial score (nSPS) is 11.2. The molecule has 0 radical (unpaired) electrons. The number of benzene rings is 2. The third-order valence-corrected chi connectivity index (χ3v) is 7.17. The lowest BCUT2D eigenvalue weighted by molar-refractivity contribution is -0.136. The summed E-state index contributed by atoms with van der Waals surface area (Å²) in [5.41, 5.74) is 5.54. The second-order valence-electron chi connectivity index (χ2n) is 8.87. The molecule has 4 nitrogen and oxygen atoms in total. The smallest absolute Gasteiger partial charge is 0.305 e. The summed E-state index contributed by atoms with van der Waals surface area (Å²) in [5.74, 6) is -0.349. The lowest BCUT2D eigenvalue weighted by atomic mass is 10.0. The van der Waals surface area contributed by atoms with Gasteiger partial charge in [0.25, 0.3) is 0 Å². The number of hydrogen-bond acceptors (Lipinski definition) is 4. The highest BCUT2D eigenvalue weighted by molar-refractivity contribution is 7.16. The van der Waals surface area contributed by atoms with Crippen molar-refractivity contribution in [1.29, 1.82) is 0 Å². The number of carbonyl (C=O) groups is 1. The maximum Gasteiger partial charge on any atom is 0.305 e. The first-order valence-corrected chi connectivity index (χ1v) is 12.7. The Kier molecular flexibility index (Phi) is 8.80. The SMILES string of the molecule is Cc1cc(C)cc(CCN(CCC(=O)O)c2nc(-c3ccc(Cl)c(Cl)c3)c(CC(C)C)s2)c1. The van der Waals surface area contributed by atoms with Gasteiger partial charge in [0.1, 0.15) is 0 Å². The molecule has 0 bridgehead atoms. The van der Waals surface area contributed by atoms with Crippen molar-refractivity contribution in [2.45, 2.75) is 47.0 Å². The van der Waals surface area contributed by atoms with Crippen molar-refractivity contribution in [3.05, 3.63) is 68.0 Å². The van der Waals surface area contributed by atoms with Crippen LogP contribution in [0.25, 0.3) is 11.3 Å². The summed E-state index contributed by atoms with van der Waals surface area (Å²) in [6, 6.07) is 12.1. The van der Waals surface area contributed by atoms with Crippen molar-refractivity contribution in [2.24, 2.45) is 5.92 Å². The number of carboxylic acid groups (broad SMARTS) is 1. The quantitative estimate of drug-likeness (QED) is 0.311. The van der Waals surface area contributed by atoms with Crippen LogP contribution in [0.15, 0.2) is 36.4 Å². The minimum Gasteiger partial charge on any atom is -0.481 e. The average molecular weight is 506 g/mol. The van der Waals surface area contributed by atoms with Gasteiger partial charge in [0.05, 0.1) is 22.2 Å². The Morgan fingerprint density at radius 3 is 2.36 bits per heavy atom. The van der Waals surface area contributed by atoms with E-state index in [2.05, 4.69) is 50.8 Å². The first kappa shape index (κ1) is 25.5. The van der Waals surface area contributed by atoms with E-state index in [1.165, 1.54) is 21.6 Å². The molecule has 0 amide bonds. The topological polar surface area (TPSA) is 53.4 Å². The maximum atomic E-state index is 11.3. The van der Waals surface area contributed by atoms with Gasteiger partial charge in [0, 0.05) is 23.5 Å². The Balaban J connectivity index is 1.94. The molecule has 7 heteroatoms. The van der Waals surface area contributed by atoms with Gasteiger partial charge >= 0.3 is 5.97 Å². The maximum absolute atomic E-state index is 11.3. The highest BCUT2D eigenvalue weighted by Gasteiger charge is 2.20. The number of thiazole rings is 1. The third-order valence-electron chi connectivity index (χ3n) is 5.29. The monoisotopic (exact) mass is 504 g/mol. The van der Waals surface area contributed by atoms with Gasteiger partial charge < -0.3 is 10.0 Å². The van der Waals surface area contributed by atoms with E-state index in [-0.39, 0.29) is 6.42 Å². The molecular weight excluding hydrogens is 475 g/mol. The van der Waals surface area contributed by atoms with E-state index < -0.39 is 5.97 Å². The highest BCUT2D eigenvalue weighted by atomic mass is 35.5. The van der Waals surface area contributed by atoms with Crippen molar-refractivity contribution in [1.82, 2.24) is 4.98 Å². The van der Waals surface area contributed by atoms with Crippen LogP contribution in [0.2, 0.25) is 10.0 Å². The average Bonchev–Trinajstić information content (AvgIpc) is 3.12. The van der Waals surface area contributed by atoms with Crippen LogP contribution >= 0.6 is 34.5 Å². The van der Waals surface area contributed by atoms with Crippen LogP contribution < -0.4 is 4.90 Å². The minimum atomic E-state index is -0.810. The molecular formula is C26H30Cl2N2O2S. The fourth-order valence-corrected chi connectivity index (χ4v) is 5.51. The van der Waals surface area contributed by atoms with Crippen LogP contribution in [0, 0.1) is 19.8 Å². The fraction of sp³-hybridized carbons (Fsp3) is 0.385. The Bertz CT molecular complexity index is 1110. The van der Waals surface area contributed by atoms with Crippen molar-refractivity contribution in [3.8, 4) is 11.3 Å². The molecule has 0 saturated heterocycles. The van der Waals surface area contributed by atoms with Gasteiger partial charge in [-0.15, -0.1) is 11.3 Å². The van der Waals surface area contributed by atoms with E-state index >= 15 is 0 Å². The number of anilines is 1. The third kappa shape index (κ3) is 7.20. The first-order valence-electron chi connectivity index (χ1n) is 11.1. The number of nitrogens with zero attached hydrogens (tertiary/aromatic N) is 2. The van der Waals surface area contributed by atoms with E-state index in [1.54, 1.807) is 17.4 Å².